The Morgan fingerprint density at radius 2 is 1.92 bits per heavy atom. The molecule has 1 heterocycles. The molecule has 1 aromatic carbocycles. The van der Waals surface area contributed by atoms with E-state index in [4.69, 9.17) is 10.3 Å². The van der Waals surface area contributed by atoms with Gasteiger partial charge < -0.3 is 10.1 Å². The third kappa shape index (κ3) is 9.42. The summed E-state index contributed by atoms with van der Waals surface area (Å²) in [6, 6.07) is 9.12. The zero-order valence-corrected chi connectivity index (χ0v) is 15.5. The van der Waals surface area contributed by atoms with E-state index in [2.05, 4.69) is 14.7 Å². The third-order valence-corrected chi connectivity index (χ3v) is 4.87. The van der Waals surface area contributed by atoms with E-state index in [0.29, 0.717) is 13.0 Å². The standard InChI is InChI=1S/C11H16N4O3S.C5H11N/c1-18-9-5-8-15(19(16,17)14-13-12)10-11-6-3-2-4-7-11;1-2-4-6-5-3-1/h2-4,6-7H,5,8-10H2,1H3;6H,1-5H2. The number of methoxy groups -OCH3 is 1. The minimum atomic E-state index is -3.96. The van der Waals surface area contributed by atoms with Crippen molar-refractivity contribution in [2.75, 3.05) is 33.4 Å². The summed E-state index contributed by atoms with van der Waals surface area (Å²) in [5, 5.41) is 3.28. The van der Waals surface area contributed by atoms with Crippen molar-refractivity contribution < 1.29 is 13.2 Å². The lowest BCUT2D eigenvalue weighted by atomic mass is 10.2. The molecule has 0 atom stereocenters. The van der Waals surface area contributed by atoms with Gasteiger partial charge in [-0.1, -0.05) is 36.8 Å². The summed E-state index contributed by atoms with van der Waals surface area (Å²) in [5.74, 6) is 0. The average Bonchev–Trinajstić information content (AvgIpc) is 2.64. The van der Waals surface area contributed by atoms with Crippen LogP contribution < -0.4 is 5.32 Å². The SMILES string of the molecule is C1CCNCC1.COCCCN(Cc1ccccc1)S(=O)(=O)N=[N+]=[N-]. The normalized spacial score (nSPS) is 14.3. The van der Waals surface area contributed by atoms with Crippen LogP contribution >= 0.6 is 0 Å². The molecule has 1 saturated heterocycles. The Labute approximate surface area is 150 Å². The Bertz CT molecular complexity index is 602. The van der Waals surface area contributed by atoms with E-state index >= 15 is 0 Å². The second kappa shape index (κ2) is 12.7. The van der Waals surface area contributed by atoms with Crippen LogP contribution in [0.25, 0.3) is 10.4 Å². The van der Waals surface area contributed by atoms with E-state index in [1.165, 1.54) is 32.4 Å². The van der Waals surface area contributed by atoms with Gasteiger partial charge in [-0.15, -0.1) is 0 Å². The highest BCUT2D eigenvalue weighted by Gasteiger charge is 2.20. The molecule has 0 amide bonds. The lowest BCUT2D eigenvalue weighted by molar-refractivity contribution is 0.186. The quantitative estimate of drug-likeness (QED) is 0.329. The lowest BCUT2D eigenvalue weighted by Crippen LogP contribution is -2.30. The van der Waals surface area contributed by atoms with Crippen LogP contribution in [0.1, 0.15) is 31.2 Å². The molecular weight excluding hydrogens is 342 g/mol. The van der Waals surface area contributed by atoms with Crippen LogP contribution in [0.15, 0.2) is 34.9 Å². The Hall–Kier alpha value is -1.64. The first-order valence-corrected chi connectivity index (χ1v) is 9.80. The first-order chi connectivity index (χ1) is 12.1. The highest BCUT2D eigenvalue weighted by Crippen LogP contribution is 2.11. The molecule has 140 valence electrons. The minimum absolute atomic E-state index is 0.173. The van der Waals surface area contributed by atoms with Crippen LogP contribution in [0.5, 0.6) is 0 Å². The molecule has 0 spiro atoms. The largest absolute Gasteiger partial charge is 0.385 e. The predicted octanol–water partition coefficient (Wildman–Crippen LogP) is 2.84. The van der Waals surface area contributed by atoms with Gasteiger partial charge in [0.25, 0.3) is 0 Å². The molecule has 1 N–H and O–H groups in total. The number of rotatable bonds is 8. The van der Waals surface area contributed by atoms with Gasteiger partial charge in [-0.05, 0) is 43.4 Å². The van der Waals surface area contributed by atoms with Crippen molar-refractivity contribution in [1.29, 1.82) is 0 Å². The van der Waals surface area contributed by atoms with Crippen molar-refractivity contribution in [1.82, 2.24) is 9.62 Å². The second-order valence-electron chi connectivity index (χ2n) is 5.63. The average molecular weight is 369 g/mol. The van der Waals surface area contributed by atoms with Gasteiger partial charge in [0.05, 0.1) is 0 Å². The summed E-state index contributed by atoms with van der Waals surface area (Å²) >= 11 is 0. The molecule has 1 aromatic rings. The fourth-order valence-electron chi connectivity index (χ4n) is 2.35. The number of hydrogen-bond acceptors (Lipinski definition) is 4. The van der Waals surface area contributed by atoms with Crippen LogP contribution in [0.2, 0.25) is 0 Å². The van der Waals surface area contributed by atoms with Crippen molar-refractivity contribution in [2.24, 2.45) is 4.52 Å². The van der Waals surface area contributed by atoms with Crippen LogP contribution in [0, 0.1) is 0 Å². The van der Waals surface area contributed by atoms with Gasteiger partial charge >= 0.3 is 10.2 Å². The van der Waals surface area contributed by atoms with E-state index in [9.17, 15) is 8.42 Å². The molecule has 0 bridgehead atoms. The number of benzene rings is 1. The van der Waals surface area contributed by atoms with Gasteiger partial charge in [0.15, 0.2) is 0 Å². The molecule has 1 aliphatic rings. The van der Waals surface area contributed by atoms with Crippen molar-refractivity contribution >= 4 is 10.2 Å². The molecule has 1 fully saturated rings. The van der Waals surface area contributed by atoms with E-state index < -0.39 is 10.2 Å². The van der Waals surface area contributed by atoms with Gasteiger partial charge in [-0.25, -0.2) is 8.42 Å². The molecule has 2 rings (SSSR count). The summed E-state index contributed by atoms with van der Waals surface area (Å²) in [6.45, 7) is 3.35. The molecule has 8 nitrogen and oxygen atoms in total. The highest BCUT2D eigenvalue weighted by molar-refractivity contribution is 7.87. The van der Waals surface area contributed by atoms with E-state index in [1.807, 2.05) is 30.3 Å². The number of azide groups is 1. The zero-order valence-electron chi connectivity index (χ0n) is 14.7. The number of hydrogen-bond donors (Lipinski definition) is 1. The Kier molecular flexibility index (Phi) is 10.9. The molecule has 0 unspecified atom stereocenters. The number of nitrogens with zero attached hydrogens (tertiary/aromatic N) is 4. The molecular formula is C16H27N5O3S. The lowest BCUT2D eigenvalue weighted by Gasteiger charge is -2.19. The number of ether oxygens (including phenoxy) is 1. The van der Waals surface area contributed by atoms with E-state index in [1.54, 1.807) is 7.11 Å². The van der Waals surface area contributed by atoms with Gasteiger partial charge in [-0.2, -0.15) is 4.31 Å². The van der Waals surface area contributed by atoms with E-state index in [0.717, 1.165) is 9.87 Å². The fraction of sp³-hybridized carbons (Fsp3) is 0.625. The molecule has 0 saturated carbocycles. The number of piperidine rings is 1. The van der Waals surface area contributed by atoms with Crippen LogP contribution in [-0.4, -0.2) is 46.1 Å². The van der Waals surface area contributed by atoms with Gasteiger partial charge in [0.2, 0.25) is 0 Å². The smallest absolute Gasteiger partial charge is 0.302 e. The van der Waals surface area contributed by atoms with Crippen molar-refractivity contribution in [3.8, 4) is 0 Å². The maximum absolute atomic E-state index is 11.8. The van der Waals surface area contributed by atoms with Gasteiger partial charge in [0.1, 0.15) is 0 Å². The maximum Gasteiger partial charge on any atom is 0.302 e. The second-order valence-corrected chi connectivity index (χ2v) is 7.20. The fourth-order valence-corrected chi connectivity index (χ4v) is 3.22. The number of nitrogens with one attached hydrogen (secondary N) is 1. The third-order valence-electron chi connectivity index (χ3n) is 3.63. The Morgan fingerprint density at radius 1 is 1.24 bits per heavy atom. The molecule has 1 aliphatic heterocycles. The monoisotopic (exact) mass is 369 g/mol. The molecule has 25 heavy (non-hydrogen) atoms. The molecule has 0 aliphatic carbocycles. The summed E-state index contributed by atoms with van der Waals surface area (Å²) in [4.78, 5) is 2.36. The summed E-state index contributed by atoms with van der Waals surface area (Å²) in [7, 11) is -2.42. The minimum Gasteiger partial charge on any atom is -0.385 e. The first kappa shape index (κ1) is 21.4. The van der Waals surface area contributed by atoms with Gasteiger partial charge in [0, 0.05) is 36.2 Å². The molecule has 0 radical (unpaired) electrons. The van der Waals surface area contributed by atoms with Crippen molar-refractivity contribution in [3.05, 3.63) is 46.3 Å². The zero-order chi connectivity index (χ0) is 18.4. The highest BCUT2D eigenvalue weighted by atomic mass is 32.2. The Balaban J connectivity index is 0.000000435. The maximum atomic E-state index is 11.8. The van der Waals surface area contributed by atoms with E-state index in [-0.39, 0.29) is 13.1 Å². The Morgan fingerprint density at radius 3 is 2.40 bits per heavy atom. The first-order valence-electron chi connectivity index (χ1n) is 8.40. The van der Waals surface area contributed by atoms with Crippen molar-refractivity contribution in [2.45, 2.75) is 32.2 Å². The molecule has 9 heteroatoms. The van der Waals surface area contributed by atoms with Crippen molar-refractivity contribution in [3.63, 3.8) is 0 Å². The predicted molar refractivity (Wildman–Crippen MR) is 98.1 cm³/mol. The topological polar surface area (TPSA) is 107 Å². The van der Waals surface area contributed by atoms with Crippen LogP contribution in [0.3, 0.4) is 0 Å². The summed E-state index contributed by atoms with van der Waals surface area (Å²) in [6.07, 6.45) is 4.75. The summed E-state index contributed by atoms with van der Waals surface area (Å²) < 4.78 is 32.5. The van der Waals surface area contributed by atoms with Crippen LogP contribution in [-0.2, 0) is 21.5 Å². The van der Waals surface area contributed by atoms with Gasteiger partial charge in [-0.3, -0.25) is 0 Å². The summed E-state index contributed by atoms with van der Waals surface area (Å²) in [5.41, 5.74) is 9.15. The molecule has 0 aromatic heterocycles. The van der Waals surface area contributed by atoms with Crippen LogP contribution in [0.4, 0.5) is 0 Å².